The molecular weight excluding hydrogens is 258 g/mol. The standard InChI is InChI=1S/C19H29NO/c1-3-15(2)12-19(17-5-4-6-18(21)11-17)9-10-20(14-19)13-16-7-8-16/h4-6,11,15-16,21H,3,7-10,12-14H2,1-2H3/t15-,19+/m1/s1. The average Bonchev–Trinajstić information content (AvgIpc) is 3.19. The van der Waals surface area contributed by atoms with Crippen LogP contribution in [0.15, 0.2) is 24.3 Å². The number of phenols is 1. The Hall–Kier alpha value is -1.02. The number of aromatic hydroxyl groups is 1. The van der Waals surface area contributed by atoms with Gasteiger partial charge in [0.1, 0.15) is 5.75 Å². The van der Waals surface area contributed by atoms with Crippen molar-refractivity contribution >= 4 is 0 Å². The SMILES string of the molecule is CC[C@@H](C)C[C@@]1(c2cccc(O)c2)CCN(CC2CC2)C1. The Morgan fingerprint density at radius 3 is 2.86 bits per heavy atom. The van der Waals surface area contributed by atoms with Gasteiger partial charge in [-0.1, -0.05) is 32.4 Å². The maximum absolute atomic E-state index is 9.89. The summed E-state index contributed by atoms with van der Waals surface area (Å²) in [6.07, 6.45) is 6.59. The molecule has 1 aliphatic carbocycles. The highest BCUT2D eigenvalue weighted by Gasteiger charge is 2.41. The average molecular weight is 287 g/mol. The Balaban J connectivity index is 1.81. The van der Waals surface area contributed by atoms with Crippen molar-refractivity contribution in [3.05, 3.63) is 29.8 Å². The van der Waals surface area contributed by atoms with Crippen molar-refractivity contribution in [3.63, 3.8) is 0 Å². The van der Waals surface area contributed by atoms with Crippen LogP contribution in [-0.2, 0) is 5.41 Å². The highest BCUT2D eigenvalue weighted by Crippen LogP contribution is 2.43. The summed E-state index contributed by atoms with van der Waals surface area (Å²) in [6.45, 7) is 8.35. The first-order chi connectivity index (χ1) is 10.1. The highest BCUT2D eigenvalue weighted by molar-refractivity contribution is 5.34. The molecule has 2 fully saturated rings. The molecule has 0 bridgehead atoms. The van der Waals surface area contributed by atoms with Crippen molar-refractivity contribution in [2.24, 2.45) is 11.8 Å². The second-order valence-corrected chi connectivity index (χ2v) is 7.48. The molecule has 2 aliphatic rings. The van der Waals surface area contributed by atoms with E-state index in [9.17, 15) is 5.11 Å². The second-order valence-electron chi connectivity index (χ2n) is 7.48. The zero-order valence-electron chi connectivity index (χ0n) is 13.5. The summed E-state index contributed by atoms with van der Waals surface area (Å²) in [6, 6.07) is 8.02. The van der Waals surface area contributed by atoms with Gasteiger partial charge in [0.05, 0.1) is 0 Å². The maximum atomic E-state index is 9.89. The van der Waals surface area contributed by atoms with E-state index in [4.69, 9.17) is 0 Å². The fraction of sp³-hybridized carbons (Fsp3) is 0.684. The Kier molecular flexibility index (Phi) is 4.26. The van der Waals surface area contributed by atoms with Crippen molar-refractivity contribution in [2.45, 2.75) is 51.4 Å². The molecule has 1 aliphatic heterocycles. The van der Waals surface area contributed by atoms with Crippen LogP contribution >= 0.6 is 0 Å². The van der Waals surface area contributed by atoms with Crippen LogP contribution in [-0.4, -0.2) is 29.6 Å². The molecule has 0 unspecified atom stereocenters. The highest BCUT2D eigenvalue weighted by atomic mass is 16.3. The molecule has 0 amide bonds. The van der Waals surface area contributed by atoms with Crippen molar-refractivity contribution < 1.29 is 5.11 Å². The van der Waals surface area contributed by atoms with Gasteiger partial charge in [0.2, 0.25) is 0 Å². The van der Waals surface area contributed by atoms with Crippen LogP contribution in [0.3, 0.4) is 0 Å². The molecule has 2 nitrogen and oxygen atoms in total. The van der Waals surface area contributed by atoms with Gasteiger partial charge in [-0.05, 0) is 61.8 Å². The monoisotopic (exact) mass is 287 g/mol. The molecule has 0 aromatic heterocycles. The number of rotatable bonds is 6. The fourth-order valence-corrected chi connectivity index (χ4v) is 3.95. The van der Waals surface area contributed by atoms with E-state index >= 15 is 0 Å². The lowest BCUT2D eigenvalue weighted by Crippen LogP contribution is -2.33. The molecule has 0 spiro atoms. The van der Waals surface area contributed by atoms with Crippen LogP contribution in [0.4, 0.5) is 0 Å². The fourth-order valence-electron chi connectivity index (χ4n) is 3.95. The summed E-state index contributed by atoms with van der Waals surface area (Å²) in [5.41, 5.74) is 1.60. The summed E-state index contributed by atoms with van der Waals surface area (Å²) < 4.78 is 0. The molecule has 116 valence electrons. The molecule has 1 heterocycles. The Morgan fingerprint density at radius 1 is 1.38 bits per heavy atom. The predicted octanol–water partition coefficient (Wildman–Crippen LogP) is 4.18. The van der Waals surface area contributed by atoms with Crippen LogP contribution in [0.5, 0.6) is 5.75 Å². The molecule has 1 saturated carbocycles. The molecule has 1 aromatic rings. The summed E-state index contributed by atoms with van der Waals surface area (Å²) in [5, 5.41) is 9.89. The van der Waals surface area contributed by atoms with E-state index in [1.165, 1.54) is 57.3 Å². The van der Waals surface area contributed by atoms with Gasteiger partial charge in [-0.15, -0.1) is 0 Å². The smallest absolute Gasteiger partial charge is 0.115 e. The largest absolute Gasteiger partial charge is 0.508 e. The number of phenolic OH excluding ortho intramolecular Hbond substituents is 1. The molecule has 2 heteroatoms. The third-order valence-electron chi connectivity index (χ3n) is 5.54. The normalized spacial score (nSPS) is 27.9. The second kappa shape index (κ2) is 6.00. The first-order valence-corrected chi connectivity index (χ1v) is 8.63. The van der Waals surface area contributed by atoms with Crippen LogP contribution in [0.25, 0.3) is 0 Å². The van der Waals surface area contributed by atoms with Gasteiger partial charge in [0.25, 0.3) is 0 Å². The van der Waals surface area contributed by atoms with Gasteiger partial charge in [0, 0.05) is 18.5 Å². The summed E-state index contributed by atoms with van der Waals surface area (Å²) in [4.78, 5) is 2.67. The van der Waals surface area contributed by atoms with Gasteiger partial charge >= 0.3 is 0 Å². The lowest BCUT2D eigenvalue weighted by Gasteiger charge is -2.33. The Bertz CT molecular complexity index is 482. The van der Waals surface area contributed by atoms with Crippen molar-refractivity contribution in [1.29, 1.82) is 0 Å². The predicted molar refractivity (Wildman–Crippen MR) is 87.6 cm³/mol. The van der Waals surface area contributed by atoms with E-state index in [1.807, 2.05) is 12.1 Å². The zero-order valence-corrected chi connectivity index (χ0v) is 13.5. The summed E-state index contributed by atoms with van der Waals surface area (Å²) >= 11 is 0. The van der Waals surface area contributed by atoms with Gasteiger partial charge in [-0.3, -0.25) is 0 Å². The minimum Gasteiger partial charge on any atom is -0.508 e. The first kappa shape index (κ1) is 14.9. The first-order valence-electron chi connectivity index (χ1n) is 8.63. The minimum atomic E-state index is 0.253. The van der Waals surface area contributed by atoms with Gasteiger partial charge in [-0.25, -0.2) is 0 Å². The molecule has 1 saturated heterocycles. The van der Waals surface area contributed by atoms with Crippen molar-refractivity contribution in [1.82, 2.24) is 4.90 Å². The number of hydrogen-bond donors (Lipinski definition) is 1. The van der Waals surface area contributed by atoms with Crippen LogP contribution in [0, 0.1) is 11.8 Å². The molecule has 2 atom stereocenters. The lowest BCUT2D eigenvalue weighted by atomic mass is 9.73. The third kappa shape index (κ3) is 3.42. The molecule has 21 heavy (non-hydrogen) atoms. The number of nitrogens with zero attached hydrogens (tertiary/aromatic N) is 1. The van der Waals surface area contributed by atoms with Crippen molar-refractivity contribution in [2.75, 3.05) is 19.6 Å². The maximum Gasteiger partial charge on any atom is 0.115 e. The molecular formula is C19H29NO. The van der Waals surface area contributed by atoms with E-state index in [-0.39, 0.29) is 5.41 Å². The molecule has 3 rings (SSSR count). The van der Waals surface area contributed by atoms with Crippen molar-refractivity contribution in [3.8, 4) is 5.75 Å². The number of hydrogen-bond acceptors (Lipinski definition) is 2. The third-order valence-corrected chi connectivity index (χ3v) is 5.54. The molecule has 0 radical (unpaired) electrons. The molecule has 1 N–H and O–H groups in total. The topological polar surface area (TPSA) is 23.5 Å². The van der Waals surface area contributed by atoms with E-state index < -0.39 is 0 Å². The Labute approximate surface area is 129 Å². The van der Waals surface area contributed by atoms with E-state index in [1.54, 1.807) is 6.07 Å². The van der Waals surface area contributed by atoms with Crippen LogP contribution < -0.4 is 0 Å². The summed E-state index contributed by atoms with van der Waals surface area (Å²) in [5.74, 6) is 2.12. The van der Waals surface area contributed by atoms with Gasteiger partial charge < -0.3 is 10.0 Å². The molecule has 1 aromatic carbocycles. The van der Waals surface area contributed by atoms with Crippen LogP contribution in [0.1, 0.15) is 51.5 Å². The van der Waals surface area contributed by atoms with Gasteiger partial charge in [0.15, 0.2) is 0 Å². The zero-order chi connectivity index (χ0) is 14.9. The van der Waals surface area contributed by atoms with E-state index in [0.717, 1.165) is 11.8 Å². The van der Waals surface area contributed by atoms with E-state index in [0.29, 0.717) is 5.75 Å². The summed E-state index contributed by atoms with van der Waals surface area (Å²) in [7, 11) is 0. The Morgan fingerprint density at radius 2 is 2.19 bits per heavy atom. The number of benzene rings is 1. The minimum absolute atomic E-state index is 0.253. The quantitative estimate of drug-likeness (QED) is 0.848. The van der Waals surface area contributed by atoms with Gasteiger partial charge in [-0.2, -0.15) is 0 Å². The lowest BCUT2D eigenvalue weighted by molar-refractivity contribution is 0.272. The van der Waals surface area contributed by atoms with Crippen LogP contribution in [0.2, 0.25) is 0 Å². The number of likely N-dealkylation sites (tertiary alicyclic amines) is 1. The van der Waals surface area contributed by atoms with E-state index in [2.05, 4.69) is 24.8 Å².